The third-order valence-electron chi connectivity index (χ3n) is 3.15. The molecule has 0 aliphatic heterocycles. The van der Waals surface area contributed by atoms with E-state index in [1.165, 1.54) is 0 Å². The van der Waals surface area contributed by atoms with Crippen molar-refractivity contribution in [2.24, 2.45) is 5.16 Å². The van der Waals surface area contributed by atoms with Crippen LogP contribution in [0.2, 0.25) is 0 Å². The van der Waals surface area contributed by atoms with E-state index in [9.17, 15) is 0 Å². The highest BCUT2D eigenvalue weighted by molar-refractivity contribution is 9.10. The van der Waals surface area contributed by atoms with Crippen LogP contribution in [0.5, 0.6) is 17.2 Å². The average Bonchev–Trinajstić information content (AvgIpc) is 2.58. The Balaban J connectivity index is 2.01. The van der Waals surface area contributed by atoms with Crippen LogP contribution < -0.4 is 14.2 Å². The predicted octanol–water partition coefficient (Wildman–Crippen LogP) is 4.03. The fraction of sp³-hybridized carbons (Fsp3) is 0.235. The van der Waals surface area contributed by atoms with Crippen LogP contribution in [-0.4, -0.2) is 27.5 Å². The molecule has 0 N–H and O–H groups in total. The molecule has 0 unspecified atom stereocenters. The van der Waals surface area contributed by atoms with Crippen molar-refractivity contribution < 1.29 is 19.0 Å². The van der Waals surface area contributed by atoms with Gasteiger partial charge in [-0.1, -0.05) is 21.1 Å². The van der Waals surface area contributed by atoms with Gasteiger partial charge in [-0.15, -0.1) is 0 Å². The number of nitrogens with zero attached hydrogens (tertiary/aromatic N) is 1. The van der Waals surface area contributed by atoms with Crippen molar-refractivity contribution in [3.05, 3.63) is 52.0 Å². The van der Waals surface area contributed by atoms with Gasteiger partial charge < -0.3 is 19.0 Å². The average molecular weight is 380 g/mol. The largest absolute Gasteiger partial charge is 0.496 e. The first-order valence-corrected chi connectivity index (χ1v) is 7.67. The fourth-order valence-corrected chi connectivity index (χ4v) is 2.41. The number of halogens is 1. The monoisotopic (exact) mass is 379 g/mol. The Morgan fingerprint density at radius 2 is 1.61 bits per heavy atom. The fourth-order valence-electron chi connectivity index (χ4n) is 2.00. The molecule has 0 aliphatic rings. The maximum absolute atomic E-state index is 5.35. The Hall–Kier alpha value is -2.21. The summed E-state index contributed by atoms with van der Waals surface area (Å²) in [6, 6.07) is 11.2. The van der Waals surface area contributed by atoms with Crippen LogP contribution in [0.1, 0.15) is 11.1 Å². The number of ether oxygens (including phenoxy) is 3. The summed E-state index contributed by atoms with van der Waals surface area (Å²) >= 11 is 3.43. The summed E-state index contributed by atoms with van der Waals surface area (Å²) in [5.41, 5.74) is 1.76. The standard InChI is InChI=1S/C17H18BrNO4/c1-20-15-7-5-14(18)9-13(15)11-23-19-10-12-4-6-16(21-2)17(8-12)22-3/h4-10H,11H2,1-3H3/b19-10+. The van der Waals surface area contributed by atoms with Gasteiger partial charge in [0.2, 0.25) is 0 Å². The zero-order valence-corrected chi connectivity index (χ0v) is 14.8. The smallest absolute Gasteiger partial charge is 0.161 e. The Labute approximate surface area is 143 Å². The molecule has 0 heterocycles. The van der Waals surface area contributed by atoms with Crippen LogP contribution in [0.4, 0.5) is 0 Å². The highest BCUT2D eigenvalue weighted by atomic mass is 79.9. The van der Waals surface area contributed by atoms with Crippen molar-refractivity contribution in [3.8, 4) is 17.2 Å². The first kappa shape index (κ1) is 17.1. The van der Waals surface area contributed by atoms with Gasteiger partial charge in [0.05, 0.1) is 27.5 Å². The lowest BCUT2D eigenvalue weighted by atomic mass is 10.2. The first-order chi connectivity index (χ1) is 11.2. The number of hydrogen-bond acceptors (Lipinski definition) is 5. The number of methoxy groups -OCH3 is 3. The minimum Gasteiger partial charge on any atom is -0.496 e. The summed E-state index contributed by atoms with van der Waals surface area (Å²) < 4.78 is 16.7. The van der Waals surface area contributed by atoms with Gasteiger partial charge in [0, 0.05) is 15.6 Å². The Morgan fingerprint density at radius 3 is 2.30 bits per heavy atom. The molecule has 2 aromatic rings. The summed E-state index contributed by atoms with van der Waals surface area (Å²) in [6.07, 6.45) is 1.62. The number of hydrogen-bond donors (Lipinski definition) is 0. The van der Waals surface area contributed by atoms with Gasteiger partial charge >= 0.3 is 0 Å². The van der Waals surface area contributed by atoms with Crippen molar-refractivity contribution >= 4 is 22.1 Å². The van der Waals surface area contributed by atoms with Gasteiger partial charge in [-0.25, -0.2) is 0 Å². The van der Waals surface area contributed by atoms with Gasteiger partial charge in [0.15, 0.2) is 11.5 Å². The minimum absolute atomic E-state index is 0.312. The van der Waals surface area contributed by atoms with Crippen LogP contribution in [-0.2, 0) is 11.4 Å². The predicted molar refractivity (Wildman–Crippen MR) is 92.6 cm³/mol. The first-order valence-electron chi connectivity index (χ1n) is 6.87. The summed E-state index contributed by atoms with van der Waals surface area (Å²) in [7, 11) is 4.81. The molecule has 0 atom stereocenters. The quantitative estimate of drug-likeness (QED) is 0.538. The Bertz CT molecular complexity index is 688. The van der Waals surface area contributed by atoms with Crippen LogP contribution in [0.15, 0.2) is 46.0 Å². The molecule has 2 aromatic carbocycles. The molecule has 2 rings (SSSR count). The summed E-state index contributed by atoms with van der Waals surface area (Å²) in [4.78, 5) is 5.35. The van der Waals surface area contributed by atoms with Gasteiger partial charge in [-0.05, 0) is 36.4 Å². The molecular weight excluding hydrogens is 362 g/mol. The van der Waals surface area contributed by atoms with Gasteiger partial charge in [0.25, 0.3) is 0 Å². The topological polar surface area (TPSA) is 49.3 Å². The molecule has 0 amide bonds. The van der Waals surface area contributed by atoms with Crippen molar-refractivity contribution in [1.29, 1.82) is 0 Å². The van der Waals surface area contributed by atoms with Crippen LogP contribution in [0, 0.1) is 0 Å². The Morgan fingerprint density at radius 1 is 0.913 bits per heavy atom. The summed E-state index contributed by atoms with van der Waals surface area (Å²) in [5.74, 6) is 2.07. The zero-order chi connectivity index (χ0) is 16.7. The molecule has 5 nitrogen and oxygen atoms in total. The second-order valence-corrected chi connectivity index (χ2v) is 5.49. The molecule has 0 fully saturated rings. The number of rotatable bonds is 7. The normalized spacial score (nSPS) is 10.6. The van der Waals surface area contributed by atoms with E-state index in [0.29, 0.717) is 18.1 Å². The molecule has 0 saturated carbocycles. The third-order valence-corrected chi connectivity index (χ3v) is 3.64. The molecule has 0 aliphatic carbocycles. The van der Waals surface area contributed by atoms with E-state index in [4.69, 9.17) is 19.0 Å². The van der Waals surface area contributed by atoms with Gasteiger partial charge in [0.1, 0.15) is 12.4 Å². The minimum atomic E-state index is 0.312. The lowest BCUT2D eigenvalue weighted by Gasteiger charge is -2.08. The molecule has 122 valence electrons. The SMILES string of the molecule is COc1ccc(Br)cc1CO/N=C/c1ccc(OC)c(OC)c1. The molecule has 23 heavy (non-hydrogen) atoms. The van der Waals surface area contributed by atoms with E-state index in [1.54, 1.807) is 27.5 Å². The molecule has 0 aromatic heterocycles. The van der Waals surface area contributed by atoms with Crippen molar-refractivity contribution in [2.45, 2.75) is 6.61 Å². The van der Waals surface area contributed by atoms with E-state index in [-0.39, 0.29) is 0 Å². The van der Waals surface area contributed by atoms with E-state index in [2.05, 4.69) is 21.1 Å². The van der Waals surface area contributed by atoms with Crippen molar-refractivity contribution in [2.75, 3.05) is 21.3 Å². The third kappa shape index (κ3) is 4.63. The van der Waals surface area contributed by atoms with Crippen LogP contribution in [0.3, 0.4) is 0 Å². The second-order valence-electron chi connectivity index (χ2n) is 4.58. The van der Waals surface area contributed by atoms with Crippen LogP contribution >= 0.6 is 15.9 Å². The molecule has 6 heteroatoms. The van der Waals surface area contributed by atoms with E-state index in [1.807, 2.05) is 36.4 Å². The summed E-state index contributed by atoms with van der Waals surface area (Å²) in [6.45, 7) is 0.312. The highest BCUT2D eigenvalue weighted by Crippen LogP contribution is 2.27. The van der Waals surface area contributed by atoms with E-state index >= 15 is 0 Å². The zero-order valence-electron chi connectivity index (χ0n) is 13.2. The summed E-state index contributed by atoms with van der Waals surface area (Å²) in [5, 5.41) is 3.98. The van der Waals surface area contributed by atoms with Gasteiger partial charge in [-0.3, -0.25) is 0 Å². The van der Waals surface area contributed by atoms with E-state index < -0.39 is 0 Å². The second kappa shape index (κ2) is 8.43. The molecule has 0 saturated heterocycles. The molecule has 0 spiro atoms. The molecule has 0 radical (unpaired) electrons. The lowest BCUT2D eigenvalue weighted by Crippen LogP contribution is -1.94. The highest BCUT2D eigenvalue weighted by Gasteiger charge is 2.05. The van der Waals surface area contributed by atoms with Gasteiger partial charge in [-0.2, -0.15) is 0 Å². The lowest BCUT2D eigenvalue weighted by molar-refractivity contribution is 0.130. The maximum Gasteiger partial charge on any atom is 0.161 e. The Kier molecular flexibility index (Phi) is 6.29. The number of benzene rings is 2. The molecular formula is C17H18BrNO4. The number of oxime groups is 1. The maximum atomic E-state index is 5.35. The molecule has 0 bridgehead atoms. The van der Waals surface area contributed by atoms with E-state index in [0.717, 1.165) is 21.3 Å². The van der Waals surface area contributed by atoms with Crippen LogP contribution in [0.25, 0.3) is 0 Å². The van der Waals surface area contributed by atoms with Crippen molar-refractivity contribution in [3.63, 3.8) is 0 Å². The van der Waals surface area contributed by atoms with Crippen molar-refractivity contribution in [1.82, 2.24) is 0 Å².